The number of anilines is 1. The van der Waals surface area contributed by atoms with Crippen LogP contribution in [-0.2, 0) is 4.79 Å². The zero-order chi connectivity index (χ0) is 16.2. The van der Waals surface area contributed by atoms with Crippen molar-refractivity contribution in [3.8, 4) is 5.75 Å². The standard InChI is InChI=1S/C15H19N5O2S/c1-3-22-13-8-10(2)4-7-12(13)16-14(21)9-23-15-17-18-19-20(15)11-5-6-11/h4,7-8,11H,3,5-6,9H2,1-2H3,(H,16,21). The molecule has 1 saturated carbocycles. The molecule has 1 aromatic carbocycles. The number of carbonyl (C=O) groups is 1. The predicted octanol–water partition coefficient (Wildman–Crippen LogP) is 2.45. The first-order valence-electron chi connectivity index (χ1n) is 7.61. The smallest absolute Gasteiger partial charge is 0.234 e. The van der Waals surface area contributed by atoms with Crippen molar-refractivity contribution < 1.29 is 9.53 Å². The number of carbonyl (C=O) groups excluding carboxylic acids is 1. The summed E-state index contributed by atoms with van der Waals surface area (Å²) < 4.78 is 7.37. The van der Waals surface area contributed by atoms with Crippen molar-refractivity contribution in [2.75, 3.05) is 17.7 Å². The number of hydrogen-bond acceptors (Lipinski definition) is 6. The van der Waals surface area contributed by atoms with Crippen LogP contribution in [0.25, 0.3) is 0 Å². The second-order valence-corrected chi connectivity index (χ2v) is 6.35. The van der Waals surface area contributed by atoms with E-state index in [0.717, 1.165) is 18.4 Å². The number of aryl methyl sites for hydroxylation is 1. The molecular weight excluding hydrogens is 314 g/mol. The molecule has 0 spiro atoms. The summed E-state index contributed by atoms with van der Waals surface area (Å²) in [6.07, 6.45) is 2.21. The summed E-state index contributed by atoms with van der Waals surface area (Å²) in [6, 6.07) is 6.12. The minimum absolute atomic E-state index is 0.106. The van der Waals surface area contributed by atoms with Gasteiger partial charge in [-0.1, -0.05) is 17.8 Å². The first-order chi connectivity index (χ1) is 11.2. The van der Waals surface area contributed by atoms with E-state index in [2.05, 4.69) is 20.8 Å². The average Bonchev–Trinajstić information content (AvgIpc) is 3.27. The molecule has 7 nitrogen and oxygen atoms in total. The molecule has 122 valence electrons. The van der Waals surface area contributed by atoms with Gasteiger partial charge in [-0.15, -0.1) is 5.10 Å². The molecule has 1 heterocycles. The highest BCUT2D eigenvalue weighted by Gasteiger charge is 2.28. The minimum atomic E-state index is -0.106. The van der Waals surface area contributed by atoms with Crippen LogP contribution in [-0.4, -0.2) is 38.5 Å². The lowest BCUT2D eigenvalue weighted by molar-refractivity contribution is -0.113. The Hall–Kier alpha value is -2.09. The molecule has 8 heteroatoms. The summed E-state index contributed by atoms with van der Waals surface area (Å²) in [6.45, 7) is 4.46. The maximum Gasteiger partial charge on any atom is 0.234 e. The Kier molecular flexibility index (Phi) is 4.80. The van der Waals surface area contributed by atoms with Gasteiger partial charge in [-0.05, 0) is 54.8 Å². The van der Waals surface area contributed by atoms with E-state index in [1.807, 2.05) is 32.0 Å². The van der Waals surface area contributed by atoms with Gasteiger partial charge in [0.05, 0.1) is 24.1 Å². The third-order valence-electron chi connectivity index (χ3n) is 3.40. The molecule has 0 atom stereocenters. The first kappa shape index (κ1) is 15.8. The maximum atomic E-state index is 12.2. The fourth-order valence-electron chi connectivity index (χ4n) is 2.15. The minimum Gasteiger partial charge on any atom is -0.492 e. The van der Waals surface area contributed by atoms with Gasteiger partial charge in [0.1, 0.15) is 5.75 Å². The van der Waals surface area contributed by atoms with Crippen LogP contribution in [0, 0.1) is 6.92 Å². The number of nitrogens with zero attached hydrogens (tertiary/aromatic N) is 4. The number of aromatic nitrogens is 4. The van der Waals surface area contributed by atoms with E-state index in [4.69, 9.17) is 4.74 Å². The lowest BCUT2D eigenvalue weighted by Gasteiger charge is -2.12. The summed E-state index contributed by atoms with van der Waals surface area (Å²) in [7, 11) is 0. The molecule has 0 unspecified atom stereocenters. The van der Waals surface area contributed by atoms with E-state index in [9.17, 15) is 4.79 Å². The lowest BCUT2D eigenvalue weighted by Crippen LogP contribution is -2.15. The van der Waals surface area contributed by atoms with Crippen molar-refractivity contribution in [1.82, 2.24) is 20.2 Å². The predicted molar refractivity (Wildman–Crippen MR) is 87.8 cm³/mol. The Morgan fingerprint density at radius 2 is 2.30 bits per heavy atom. The van der Waals surface area contributed by atoms with Gasteiger partial charge < -0.3 is 10.1 Å². The van der Waals surface area contributed by atoms with E-state index < -0.39 is 0 Å². The Morgan fingerprint density at radius 3 is 3.04 bits per heavy atom. The molecule has 1 aliphatic carbocycles. The molecule has 23 heavy (non-hydrogen) atoms. The molecule has 1 amide bonds. The van der Waals surface area contributed by atoms with Gasteiger partial charge in [-0.25, -0.2) is 4.68 Å². The summed E-state index contributed by atoms with van der Waals surface area (Å²) in [4.78, 5) is 12.2. The van der Waals surface area contributed by atoms with Crippen molar-refractivity contribution in [2.45, 2.75) is 37.9 Å². The second kappa shape index (κ2) is 6.99. The van der Waals surface area contributed by atoms with Crippen molar-refractivity contribution in [1.29, 1.82) is 0 Å². The fraction of sp³-hybridized carbons (Fsp3) is 0.467. The van der Waals surface area contributed by atoms with Crippen LogP contribution < -0.4 is 10.1 Å². The van der Waals surface area contributed by atoms with E-state index in [1.165, 1.54) is 11.8 Å². The molecule has 0 radical (unpaired) electrons. The Morgan fingerprint density at radius 1 is 1.48 bits per heavy atom. The van der Waals surface area contributed by atoms with Crippen LogP contribution in [0.2, 0.25) is 0 Å². The average molecular weight is 333 g/mol. The summed E-state index contributed by atoms with van der Waals surface area (Å²) in [5, 5.41) is 15.2. The topological polar surface area (TPSA) is 81.9 Å². The van der Waals surface area contributed by atoms with Crippen LogP contribution in [0.4, 0.5) is 5.69 Å². The number of nitrogens with one attached hydrogen (secondary N) is 1. The summed E-state index contributed by atoms with van der Waals surface area (Å²) in [5.41, 5.74) is 1.77. The van der Waals surface area contributed by atoms with Gasteiger partial charge in [-0.3, -0.25) is 4.79 Å². The quantitative estimate of drug-likeness (QED) is 0.784. The monoisotopic (exact) mass is 333 g/mol. The second-order valence-electron chi connectivity index (χ2n) is 5.41. The van der Waals surface area contributed by atoms with Gasteiger partial charge in [-0.2, -0.15) is 0 Å². The number of tetrazole rings is 1. The van der Waals surface area contributed by atoms with Crippen LogP contribution in [0.1, 0.15) is 31.4 Å². The van der Waals surface area contributed by atoms with Crippen molar-refractivity contribution in [2.24, 2.45) is 0 Å². The normalized spacial score (nSPS) is 13.8. The molecule has 0 aliphatic heterocycles. The van der Waals surface area contributed by atoms with Crippen LogP contribution in [0.3, 0.4) is 0 Å². The SMILES string of the molecule is CCOc1cc(C)ccc1NC(=O)CSc1nnnn1C1CC1. The van der Waals surface area contributed by atoms with Gasteiger partial charge in [0.15, 0.2) is 0 Å². The number of hydrogen-bond donors (Lipinski definition) is 1. The third-order valence-corrected chi connectivity index (χ3v) is 4.33. The van der Waals surface area contributed by atoms with Gasteiger partial charge in [0, 0.05) is 0 Å². The van der Waals surface area contributed by atoms with Gasteiger partial charge in [0.2, 0.25) is 11.1 Å². The molecule has 3 rings (SSSR count). The molecule has 1 fully saturated rings. The highest BCUT2D eigenvalue weighted by atomic mass is 32.2. The van der Waals surface area contributed by atoms with E-state index >= 15 is 0 Å². The van der Waals surface area contributed by atoms with E-state index in [-0.39, 0.29) is 11.7 Å². The molecule has 1 aliphatic rings. The molecule has 1 N–H and O–H groups in total. The number of ether oxygens (including phenoxy) is 1. The fourth-order valence-corrected chi connectivity index (χ4v) is 2.90. The number of thioether (sulfide) groups is 1. The molecule has 1 aromatic heterocycles. The Balaban J connectivity index is 1.60. The summed E-state index contributed by atoms with van der Waals surface area (Å²) >= 11 is 1.35. The zero-order valence-corrected chi connectivity index (χ0v) is 14.0. The van der Waals surface area contributed by atoms with Crippen molar-refractivity contribution >= 4 is 23.4 Å². The Bertz CT molecular complexity index is 699. The van der Waals surface area contributed by atoms with Gasteiger partial charge >= 0.3 is 0 Å². The van der Waals surface area contributed by atoms with Crippen LogP contribution in [0.5, 0.6) is 5.75 Å². The third kappa shape index (κ3) is 4.01. The number of benzene rings is 1. The molecular formula is C15H19N5O2S. The van der Waals surface area contributed by atoms with Crippen LogP contribution >= 0.6 is 11.8 Å². The highest BCUT2D eigenvalue weighted by Crippen LogP contribution is 2.36. The Labute approximate surface area is 138 Å². The largest absolute Gasteiger partial charge is 0.492 e. The van der Waals surface area contributed by atoms with E-state index in [1.54, 1.807) is 4.68 Å². The van der Waals surface area contributed by atoms with Crippen LogP contribution in [0.15, 0.2) is 23.4 Å². The molecule has 0 saturated heterocycles. The number of rotatable bonds is 7. The van der Waals surface area contributed by atoms with Crippen molar-refractivity contribution in [3.63, 3.8) is 0 Å². The first-order valence-corrected chi connectivity index (χ1v) is 8.60. The molecule has 0 bridgehead atoms. The zero-order valence-electron chi connectivity index (χ0n) is 13.2. The molecule has 2 aromatic rings. The van der Waals surface area contributed by atoms with Crippen molar-refractivity contribution in [3.05, 3.63) is 23.8 Å². The maximum absolute atomic E-state index is 12.2. The summed E-state index contributed by atoms with van der Waals surface area (Å²) in [5.74, 6) is 0.839. The highest BCUT2D eigenvalue weighted by molar-refractivity contribution is 7.99. The lowest BCUT2D eigenvalue weighted by atomic mass is 10.2. The number of amides is 1. The van der Waals surface area contributed by atoms with Gasteiger partial charge in [0.25, 0.3) is 0 Å². The van der Waals surface area contributed by atoms with E-state index in [0.29, 0.717) is 29.2 Å².